The van der Waals surface area contributed by atoms with Crippen LogP contribution in [0.25, 0.3) is 0 Å². The second kappa shape index (κ2) is 5.19. The van der Waals surface area contributed by atoms with Crippen LogP contribution in [0.3, 0.4) is 0 Å². The molecule has 2 aromatic rings. The van der Waals surface area contributed by atoms with Gasteiger partial charge in [-0.05, 0) is 6.07 Å². The van der Waals surface area contributed by atoms with Crippen molar-refractivity contribution in [1.29, 1.82) is 0 Å². The highest BCUT2D eigenvalue weighted by Crippen LogP contribution is 2.22. The molecule has 0 saturated carbocycles. The number of hydrazine groups is 3. The standard InChI is InChI=1S/C12H14N6O2/c1-17-12(19)18(16-15-17)10-5-3-2-4-9(10)8-20-11-6-7-13-14-11/h2-7,15-16H,8H2,1H3,(H,13,14). The number of hydrogen-bond acceptors (Lipinski definition) is 5. The van der Waals surface area contributed by atoms with Crippen molar-refractivity contribution < 1.29 is 9.53 Å². The quantitative estimate of drug-likeness (QED) is 0.767. The molecule has 0 atom stereocenters. The van der Waals surface area contributed by atoms with Crippen molar-refractivity contribution in [2.45, 2.75) is 6.61 Å². The maximum absolute atomic E-state index is 12.0. The van der Waals surface area contributed by atoms with Gasteiger partial charge in [-0.1, -0.05) is 18.2 Å². The van der Waals surface area contributed by atoms with Crippen molar-refractivity contribution in [2.75, 3.05) is 12.1 Å². The molecule has 8 heteroatoms. The van der Waals surface area contributed by atoms with Crippen LogP contribution in [-0.4, -0.2) is 28.3 Å². The summed E-state index contributed by atoms with van der Waals surface area (Å²) >= 11 is 0. The van der Waals surface area contributed by atoms with E-state index in [1.165, 1.54) is 10.0 Å². The number of para-hydroxylation sites is 1. The van der Waals surface area contributed by atoms with Gasteiger partial charge in [-0.3, -0.25) is 5.10 Å². The lowest BCUT2D eigenvalue weighted by molar-refractivity contribution is 0.214. The molecule has 1 aromatic heterocycles. The third-order valence-electron chi connectivity index (χ3n) is 2.89. The number of nitrogens with zero attached hydrogens (tertiary/aromatic N) is 3. The summed E-state index contributed by atoms with van der Waals surface area (Å²) in [5.74, 6) is 0.510. The molecule has 2 amide bonds. The Hall–Kier alpha value is -2.58. The fraction of sp³-hybridized carbons (Fsp3) is 0.167. The van der Waals surface area contributed by atoms with E-state index in [1.807, 2.05) is 24.3 Å². The molecule has 1 saturated heterocycles. The fourth-order valence-corrected chi connectivity index (χ4v) is 1.86. The molecular formula is C12H14N6O2. The predicted octanol–water partition coefficient (Wildman–Crippen LogP) is 0.785. The summed E-state index contributed by atoms with van der Waals surface area (Å²) in [6, 6.07) is 9.03. The van der Waals surface area contributed by atoms with E-state index in [4.69, 9.17) is 4.74 Å². The lowest BCUT2D eigenvalue weighted by Gasteiger charge is -2.17. The molecule has 0 unspecified atom stereocenters. The molecule has 3 rings (SSSR count). The summed E-state index contributed by atoms with van der Waals surface area (Å²) < 4.78 is 5.55. The van der Waals surface area contributed by atoms with E-state index in [2.05, 4.69) is 21.3 Å². The van der Waals surface area contributed by atoms with Crippen LogP contribution in [0.2, 0.25) is 0 Å². The lowest BCUT2D eigenvalue weighted by atomic mass is 10.2. The smallest absolute Gasteiger partial charge is 0.355 e. The summed E-state index contributed by atoms with van der Waals surface area (Å²) in [6.07, 6.45) is 1.69. The van der Waals surface area contributed by atoms with E-state index < -0.39 is 0 Å². The van der Waals surface area contributed by atoms with Gasteiger partial charge in [0.1, 0.15) is 6.61 Å². The van der Waals surface area contributed by atoms with Crippen molar-refractivity contribution in [2.24, 2.45) is 0 Å². The zero-order chi connectivity index (χ0) is 13.9. The Morgan fingerprint density at radius 2 is 2.10 bits per heavy atom. The van der Waals surface area contributed by atoms with Gasteiger partial charge in [0.05, 0.1) is 5.69 Å². The maximum atomic E-state index is 12.0. The van der Waals surface area contributed by atoms with E-state index in [0.717, 1.165) is 11.3 Å². The van der Waals surface area contributed by atoms with Crippen LogP contribution >= 0.6 is 0 Å². The summed E-state index contributed by atoms with van der Waals surface area (Å²) in [4.78, 5) is 12.0. The first kappa shape index (κ1) is 12.5. The Balaban J connectivity index is 1.79. The van der Waals surface area contributed by atoms with Crippen LogP contribution in [0.15, 0.2) is 36.5 Å². The molecule has 3 N–H and O–H groups in total. The van der Waals surface area contributed by atoms with E-state index in [9.17, 15) is 4.79 Å². The second-order valence-electron chi connectivity index (χ2n) is 4.23. The molecule has 0 spiro atoms. The van der Waals surface area contributed by atoms with Crippen LogP contribution in [0.4, 0.5) is 10.5 Å². The Labute approximate surface area is 115 Å². The first-order valence-corrected chi connectivity index (χ1v) is 6.05. The Morgan fingerprint density at radius 1 is 1.25 bits per heavy atom. The van der Waals surface area contributed by atoms with Gasteiger partial charge < -0.3 is 4.74 Å². The van der Waals surface area contributed by atoms with Crippen LogP contribution in [0.1, 0.15) is 5.56 Å². The number of urea groups is 1. The highest BCUT2D eigenvalue weighted by Gasteiger charge is 2.28. The molecule has 20 heavy (non-hydrogen) atoms. The minimum absolute atomic E-state index is 0.197. The Kier molecular flexibility index (Phi) is 3.23. The maximum Gasteiger partial charge on any atom is 0.355 e. The number of hydrogen-bond donors (Lipinski definition) is 3. The summed E-state index contributed by atoms with van der Waals surface area (Å²) in [7, 11) is 1.64. The van der Waals surface area contributed by atoms with Gasteiger partial charge in [0.2, 0.25) is 5.88 Å². The van der Waals surface area contributed by atoms with Crippen LogP contribution in [0.5, 0.6) is 5.88 Å². The van der Waals surface area contributed by atoms with E-state index in [-0.39, 0.29) is 6.03 Å². The van der Waals surface area contributed by atoms with Gasteiger partial charge in [-0.15, -0.1) is 16.2 Å². The average Bonchev–Trinajstić information content (AvgIpc) is 3.09. The topological polar surface area (TPSA) is 85.5 Å². The Morgan fingerprint density at radius 3 is 2.80 bits per heavy atom. The SMILES string of the molecule is CN1NNN(c2ccccc2COc2cc[nH]n2)C1=O. The van der Waals surface area contributed by atoms with E-state index in [0.29, 0.717) is 12.5 Å². The third-order valence-corrected chi connectivity index (χ3v) is 2.89. The summed E-state index contributed by atoms with van der Waals surface area (Å²) in [5.41, 5.74) is 7.10. The van der Waals surface area contributed by atoms with Gasteiger partial charge in [-0.25, -0.2) is 14.8 Å². The van der Waals surface area contributed by atoms with Gasteiger partial charge in [0, 0.05) is 24.9 Å². The van der Waals surface area contributed by atoms with E-state index >= 15 is 0 Å². The molecule has 8 nitrogen and oxygen atoms in total. The Bertz CT molecular complexity index is 600. The van der Waals surface area contributed by atoms with Gasteiger partial charge in [-0.2, -0.15) is 0 Å². The van der Waals surface area contributed by atoms with Crippen LogP contribution < -0.4 is 20.8 Å². The minimum Gasteiger partial charge on any atom is -0.472 e. The number of ether oxygens (including phenoxy) is 1. The van der Waals surface area contributed by atoms with Gasteiger partial charge >= 0.3 is 6.03 Å². The molecule has 1 aromatic carbocycles. The monoisotopic (exact) mass is 274 g/mol. The molecule has 2 heterocycles. The normalized spacial score (nSPS) is 14.9. The number of anilines is 1. The zero-order valence-corrected chi connectivity index (χ0v) is 10.8. The lowest BCUT2D eigenvalue weighted by Crippen LogP contribution is -2.38. The molecule has 1 aliphatic heterocycles. The largest absolute Gasteiger partial charge is 0.472 e. The highest BCUT2D eigenvalue weighted by atomic mass is 16.5. The number of H-pyrrole nitrogens is 1. The predicted molar refractivity (Wildman–Crippen MR) is 71.3 cm³/mol. The second-order valence-corrected chi connectivity index (χ2v) is 4.23. The van der Waals surface area contributed by atoms with Crippen molar-refractivity contribution in [1.82, 2.24) is 26.3 Å². The minimum atomic E-state index is -0.197. The molecule has 1 aliphatic rings. The zero-order valence-electron chi connectivity index (χ0n) is 10.8. The highest BCUT2D eigenvalue weighted by molar-refractivity contribution is 5.92. The molecule has 0 bridgehead atoms. The van der Waals surface area contributed by atoms with Crippen LogP contribution in [0, 0.1) is 0 Å². The first-order valence-electron chi connectivity index (χ1n) is 6.05. The molecular weight excluding hydrogens is 260 g/mol. The molecule has 1 fully saturated rings. The van der Waals surface area contributed by atoms with Gasteiger partial charge in [0.25, 0.3) is 0 Å². The van der Waals surface area contributed by atoms with Crippen molar-refractivity contribution in [3.8, 4) is 5.88 Å². The number of rotatable bonds is 4. The van der Waals surface area contributed by atoms with Crippen molar-refractivity contribution in [3.05, 3.63) is 42.1 Å². The van der Waals surface area contributed by atoms with E-state index in [1.54, 1.807) is 19.3 Å². The molecule has 0 aliphatic carbocycles. The van der Waals surface area contributed by atoms with Gasteiger partial charge in [0.15, 0.2) is 0 Å². The fourth-order valence-electron chi connectivity index (χ4n) is 1.86. The van der Waals surface area contributed by atoms with Crippen LogP contribution in [-0.2, 0) is 6.61 Å². The number of amides is 2. The summed E-state index contributed by atoms with van der Waals surface area (Å²) in [5, 5.41) is 9.37. The molecule has 104 valence electrons. The summed E-state index contributed by atoms with van der Waals surface area (Å²) in [6.45, 7) is 0.316. The number of aromatic amines is 1. The van der Waals surface area contributed by atoms with Crippen molar-refractivity contribution >= 4 is 11.7 Å². The number of carbonyl (C=O) groups excluding carboxylic acids is 1. The third kappa shape index (κ3) is 2.29. The average molecular weight is 274 g/mol. The number of aromatic nitrogens is 2. The number of nitrogens with one attached hydrogen (secondary N) is 3. The van der Waals surface area contributed by atoms with Crippen molar-refractivity contribution in [3.63, 3.8) is 0 Å². The molecule has 0 radical (unpaired) electrons. The number of carbonyl (C=O) groups is 1. The first-order chi connectivity index (χ1) is 9.75. The number of benzene rings is 1.